The minimum atomic E-state index is -2.99. The maximum atomic E-state index is 12.5. The number of guanidine groups is 1. The number of aromatic nitrogens is 2. The molecule has 0 aliphatic carbocycles. The Morgan fingerprint density at radius 3 is 2.45 bits per heavy atom. The number of carbonyl (C=O) groups excluding carboxylic acids is 1. The molecule has 2 heterocycles. The van der Waals surface area contributed by atoms with Crippen molar-refractivity contribution in [3.63, 3.8) is 0 Å². The molecule has 0 bridgehead atoms. The Kier molecular flexibility index (Phi) is 12.0. The average Bonchev–Trinajstić information content (AvgIpc) is 2.72. The lowest BCUT2D eigenvalue weighted by atomic mass is 10.2. The Hall–Kier alpha value is -1.70. The zero-order valence-corrected chi connectivity index (χ0v) is 21.6. The van der Waals surface area contributed by atoms with E-state index in [-0.39, 0.29) is 41.7 Å². The van der Waals surface area contributed by atoms with E-state index in [1.54, 1.807) is 18.5 Å². The lowest BCUT2D eigenvalue weighted by molar-refractivity contribution is -0.131. The lowest BCUT2D eigenvalue weighted by Gasteiger charge is -2.34. The molecule has 1 aliphatic heterocycles. The van der Waals surface area contributed by atoms with Crippen LogP contribution in [-0.4, -0.2) is 92.5 Å². The number of carbonyl (C=O) groups is 1. The number of halogens is 1. The van der Waals surface area contributed by atoms with Crippen molar-refractivity contribution in [2.75, 3.05) is 56.2 Å². The van der Waals surface area contributed by atoms with Crippen LogP contribution in [-0.2, 0) is 14.6 Å². The molecule has 1 fully saturated rings. The highest BCUT2D eigenvalue weighted by Gasteiger charge is 2.22. The van der Waals surface area contributed by atoms with Gasteiger partial charge in [-0.25, -0.2) is 18.4 Å². The molecule has 10 nitrogen and oxygen atoms in total. The van der Waals surface area contributed by atoms with Crippen molar-refractivity contribution < 1.29 is 13.2 Å². The summed E-state index contributed by atoms with van der Waals surface area (Å²) in [5, 5.41) is 6.33. The van der Waals surface area contributed by atoms with E-state index in [2.05, 4.69) is 30.5 Å². The zero-order valence-electron chi connectivity index (χ0n) is 18.5. The maximum absolute atomic E-state index is 12.5. The van der Waals surface area contributed by atoms with Crippen molar-refractivity contribution >= 4 is 51.6 Å². The first kappa shape index (κ1) is 27.3. The van der Waals surface area contributed by atoms with Gasteiger partial charge in [0.2, 0.25) is 11.9 Å². The van der Waals surface area contributed by atoms with Gasteiger partial charge in [0, 0.05) is 63.8 Å². The molecule has 0 spiro atoms. The SMILES string of the molecule is CCNC(=NCCC(=O)N1CCN(c2ncccn2)CC1)NC(C)CCS(C)(=O)=O.I. The number of hydrogen-bond donors (Lipinski definition) is 2. The zero-order chi connectivity index (χ0) is 22.0. The van der Waals surface area contributed by atoms with Crippen LogP contribution >= 0.6 is 24.0 Å². The molecular weight excluding hydrogens is 533 g/mol. The summed E-state index contributed by atoms with van der Waals surface area (Å²) in [6, 6.07) is 1.74. The summed E-state index contributed by atoms with van der Waals surface area (Å²) < 4.78 is 22.6. The third-order valence-electron chi connectivity index (χ3n) is 4.71. The molecule has 1 unspecified atom stereocenters. The van der Waals surface area contributed by atoms with Crippen molar-refractivity contribution in [2.45, 2.75) is 32.7 Å². The Labute approximate surface area is 202 Å². The molecule has 1 aromatic rings. The van der Waals surface area contributed by atoms with Gasteiger partial charge in [0.1, 0.15) is 9.84 Å². The van der Waals surface area contributed by atoms with Gasteiger partial charge in [0.05, 0.1) is 12.3 Å². The highest BCUT2D eigenvalue weighted by molar-refractivity contribution is 14.0. The molecule has 12 heteroatoms. The number of sulfone groups is 1. The molecule has 2 rings (SSSR count). The molecule has 0 aromatic carbocycles. The fraction of sp³-hybridized carbons (Fsp3) is 0.684. The topological polar surface area (TPSA) is 120 Å². The minimum Gasteiger partial charge on any atom is -0.357 e. The van der Waals surface area contributed by atoms with Crippen LogP contribution < -0.4 is 15.5 Å². The predicted octanol–water partition coefficient (Wildman–Crippen LogP) is 0.512. The predicted molar refractivity (Wildman–Crippen MR) is 134 cm³/mol. The van der Waals surface area contributed by atoms with Gasteiger partial charge in [0.25, 0.3) is 0 Å². The lowest BCUT2D eigenvalue weighted by Crippen LogP contribution is -2.49. The summed E-state index contributed by atoms with van der Waals surface area (Å²) >= 11 is 0. The second-order valence-corrected chi connectivity index (χ2v) is 9.65. The molecule has 0 saturated carbocycles. The highest BCUT2D eigenvalue weighted by Crippen LogP contribution is 2.10. The van der Waals surface area contributed by atoms with Crippen molar-refractivity contribution in [1.82, 2.24) is 25.5 Å². The third kappa shape index (κ3) is 10.4. The van der Waals surface area contributed by atoms with E-state index in [1.807, 2.05) is 18.7 Å². The second kappa shape index (κ2) is 13.7. The van der Waals surface area contributed by atoms with Crippen molar-refractivity contribution in [1.29, 1.82) is 0 Å². The highest BCUT2D eigenvalue weighted by atomic mass is 127. The number of aliphatic imine (C=N–C) groups is 1. The van der Waals surface area contributed by atoms with Crippen LogP contribution in [0.1, 0.15) is 26.7 Å². The molecule has 1 aliphatic rings. The molecule has 1 atom stereocenters. The third-order valence-corrected chi connectivity index (χ3v) is 5.69. The fourth-order valence-corrected chi connectivity index (χ4v) is 3.83. The minimum absolute atomic E-state index is 0. The van der Waals surface area contributed by atoms with E-state index in [9.17, 15) is 13.2 Å². The normalized spacial score (nSPS) is 15.8. The van der Waals surface area contributed by atoms with Gasteiger partial charge in [-0.2, -0.15) is 0 Å². The number of hydrogen-bond acceptors (Lipinski definition) is 7. The van der Waals surface area contributed by atoms with E-state index < -0.39 is 9.84 Å². The van der Waals surface area contributed by atoms with E-state index in [1.165, 1.54) is 6.26 Å². The Morgan fingerprint density at radius 1 is 1.23 bits per heavy atom. The van der Waals surface area contributed by atoms with Crippen molar-refractivity contribution in [2.24, 2.45) is 4.99 Å². The number of nitrogens with one attached hydrogen (secondary N) is 2. The van der Waals surface area contributed by atoms with Crippen LogP contribution in [0.15, 0.2) is 23.5 Å². The van der Waals surface area contributed by atoms with Gasteiger partial charge in [-0.1, -0.05) is 0 Å². The van der Waals surface area contributed by atoms with Gasteiger partial charge >= 0.3 is 0 Å². The van der Waals surface area contributed by atoms with Crippen molar-refractivity contribution in [3.05, 3.63) is 18.5 Å². The fourth-order valence-electron chi connectivity index (χ4n) is 3.05. The van der Waals surface area contributed by atoms with E-state index in [0.29, 0.717) is 64.0 Å². The largest absolute Gasteiger partial charge is 0.357 e. The van der Waals surface area contributed by atoms with Gasteiger partial charge in [-0.05, 0) is 26.3 Å². The van der Waals surface area contributed by atoms with Crippen LogP contribution in [0, 0.1) is 0 Å². The van der Waals surface area contributed by atoms with Crippen LogP contribution in [0.2, 0.25) is 0 Å². The molecular formula is C19H34IN7O3S. The number of nitrogens with zero attached hydrogens (tertiary/aromatic N) is 5. The summed E-state index contributed by atoms with van der Waals surface area (Å²) in [6.07, 6.45) is 5.50. The van der Waals surface area contributed by atoms with Gasteiger partial charge in [-0.15, -0.1) is 24.0 Å². The summed E-state index contributed by atoms with van der Waals surface area (Å²) in [4.78, 5) is 29.4. The van der Waals surface area contributed by atoms with E-state index in [0.717, 1.165) is 0 Å². The molecule has 2 N–H and O–H groups in total. The molecule has 1 amide bonds. The van der Waals surface area contributed by atoms with Crippen LogP contribution in [0.25, 0.3) is 0 Å². The molecule has 1 aromatic heterocycles. The maximum Gasteiger partial charge on any atom is 0.225 e. The molecule has 176 valence electrons. The van der Waals surface area contributed by atoms with E-state index in [4.69, 9.17) is 0 Å². The standard InChI is InChI=1S/C19H33N7O3S.HI/c1-4-20-18(24-16(2)7-15-30(3,28)29)21-10-6-17(27)25-11-13-26(14-12-25)19-22-8-5-9-23-19;/h5,8-9,16H,4,6-7,10-15H2,1-3H3,(H2,20,21,24);1H. The monoisotopic (exact) mass is 567 g/mol. The first-order chi connectivity index (χ1) is 14.3. The summed E-state index contributed by atoms with van der Waals surface area (Å²) in [7, 11) is -2.99. The Bertz CT molecular complexity index is 800. The van der Waals surface area contributed by atoms with Crippen LogP contribution in [0.3, 0.4) is 0 Å². The first-order valence-corrected chi connectivity index (χ1v) is 12.4. The Balaban J connectivity index is 0.00000480. The second-order valence-electron chi connectivity index (χ2n) is 7.39. The smallest absolute Gasteiger partial charge is 0.225 e. The number of rotatable bonds is 9. The summed E-state index contributed by atoms with van der Waals surface area (Å²) in [6.45, 7) is 7.63. The summed E-state index contributed by atoms with van der Waals surface area (Å²) in [5.74, 6) is 1.49. The van der Waals surface area contributed by atoms with Crippen LogP contribution in [0.4, 0.5) is 5.95 Å². The van der Waals surface area contributed by atoms with E-state index >= 15 is 0 Å². The number of piperazine rings is 1. The van der Waals surface area contributed by atoms with Crippen LogP contribution in [0.5, 0.6) is 0 Å². The summed E-state index contributed by atoms with van der Waals surface area (Å²) in [5.41, 5.74) is 0. The Morgan fingerprint density at radius 2 is 1.87 bits per heavy atom. The van der Waals surface area contributed by atoms with Gasteiger partial charge in [0.15, 0.2) is 5.96 Å². The molecule has 31 heavy (non-hydrogen) atoms. The van der Waals surface area contributed by atoms with Crippen molar-refractivity contribution in [3.8, 4) is 0 Å². The number of anilines is 1. The molecule has 0 radical (unpaired) electrons. The van der Waals surface area contributed by atoms with Gasteiger partial charge in [-0.3, -0.25) is 9.79 Å². The molecule has 1 saturated heterocycles. The average molecular weight is 567 g/mol. The first-order valence-electron chi connectivity index (χ1n) is 10.3. The van der Waals surface area contributed by atoms with Gasteiger partial charge < -0.3 is 20.4 Å². The quantitative estimate of drug-likeness (QED) is 0.252. The number of amides is 1.